The molecule has 7 nitrogen and oxygen atoms in total. The zero-order chi connectivity index (χ0) is 14.9. The summed E-state index contributed by atoms with van der Waals surface area (Å²) in [7, 11) is -0.192. The van der Waals surface area contributed by atoms with Gasteiger partial charge in [-0.1, -0.05) is 0 Å². The molecule has 0 radical (unpaired) electrons. The van der Waals surface area contributed by atoms with Gasteiger partial charge in [0.1, 0.15) is 17.1 Å². The Morgan fingerprint density at radius 2 is 2.10 bits per heavy atom. The Morgan fingerprint density at radius 1 is 1.45 bits per heavy atom. The van der Waals surface area contributed by atoms with Crippen molar-refractivity contribution in [3.63, 3.8) is 0 Å². The van der Waals surface area contributed by atoms with Gasteiger partial charge in [-0.3, -0.25) is 9.52 Å². The molecule has 0 aliphatic heterocycles. The van der Waals surface area contributed by atoms with Crippen LogP contribution >= 0.6 is 0 Å². The Bertz CT molecular complexity index is 624. The Balaban J connectivity index is 2.34. The first-order valence-corrected chi connectivity index (χ1v) is 8.01. The fourth-order valence-corrected chi connectivity index (χ4v) is 2.08. The molecule has 2 rings (SSSR count). The van der Waals surface area contributed by atoms with E-state index in [9.17, 15) is 13.2 Å². The Kier molecular flexibility index (Phi) is 3.85. The predicted octanol–water partition coefficient (Wildman–Crippen LogP) is 0.696. The highest BCUT2D eigenvalue weighted by Gasteiger charge is 2.26. The van der Waals surface area contributed by atoms with E-state index >= 15 is 0 Å². The number of aromatic nitrogens is 1. The molecule has 1 fully saturated rings. The van der Waals surface area contributed by atoms with E-state index in [0.29, 0.717) is 5.75 Å². The van der Waals surface area contributed by atoms with Crippen molar-refractivity contribution in [1.29, 1.82) is 0 Å². The highest BCUT2D eigenvalue weighted by atomic mass is 32.2. The van der Waals surface area contributed by atoms with Gasteiger partial charge in [-0.25, -0.2) is 13.4 Å². The van der Waals surface area contributed by atoms with Crippen LogP contribution in [0.15, 0.2) is 12.3 Å². The average Bonchev–Trinajstić information content (AvgIpc) is 3.12. The third-order valence-corrected chi connectivity index (χ3v) is 3.20. The van der Waals surface area contributed by atoms with Crippen molar-refractivity contribution in [2.75, 3.05) is 25.1 Å². The first-order valence-electron chi connectivity index (χ1n) is 6.12. The summed E-state index contributed by atoms with van der Waals surface area (Å²) in [4.78, 5) is 17.2. The summed E-state index contributed by atoms with van der Waals surface area (Å²) < 4.78 is 30.6. The summed E-state index contributed by atoms with van der Waals surface area (Å²) in [5, 5.41) is 0. The van der Waals surface area contributed by atoms with E-state index in [1.54, 1.807) is 14.1 Å². The SMILES string of the molecule is CN(C)C(=O)c1cc(OC2CC2)c(NS(C)(=O)=O)cn1. The van der Waals surface area contributed by atoms with Crippen molar-refractivity contribution in [1.82, 2.24) is 9.88 Å². The third kappa shape index (κ3) is 3.83. The summed E-state index contributed by atoms with van der Waals surface area (Å²) in [5.74, 6) is 0.0645. The molecular weight excluding hydrogens is 282 g/mol. The Hall–Kier alpha value is -1.83. The second kappa shape index (κ2) is 5.28. The van der Waals surface area contributed by atoms with Gasteiger partial charge in [0.25, 0.3) is 5.91 Å². The van der Waals surface area contributed by atoms with Gasteiger partial charge in [0.15, 0.2) is 0 Å². The van der Waals surface area contributed by atoms with Crippen LogP contribution in [-0.4, -0.2) is 50.7 Å². The second-order valence-corrected chi connectivity index (χ2v) is 6.71. The first kappa shape index (κ1) is 14.6. The number of nitrogens with zero attached hydrogens (tertiary/aromatic N) is 2. The van der Waals surface area contributed by atoms with E-state index in [1.807, 2.05) is 0 Å². The number of carbonyl (C=O) groups excluding carboxylic acids is 1. The van der Waals surface area contributed by atoms with Crippen molar-refractivity contribution in [3.8, 4) is 5.75 Å². The molecule has 0 saturated heterocycles. The van der Waals surface area contributed by atoms with Gasteiger partial charge in [0.05, 0.1) is 18.6 Å². The van der Waals surface area contributed by atoms with Gasteiger partial charge in [-0.05, 0) is 12.8 Å². The fraction of sp³-hybridized carbons (Fsp3) is 0.500. The number of nitrogens with one attached hydrogen (secondary N) is 1. The largest absolute Gasteiger partial charge is 0.488 e. The predicted molar refractivity (Wildman–Crippen MR) is 74.4 cm³/mol. The lowest BCUT2D eigenvalue weighted by Crippen LogP contribution is -2.23. The number of carbonyl (C=O) groups is 1. The zero-order valence-corrected chi connectivity index (χ0v) is 12.4. The van der Waals surface area contributed by atoms with Crippen LogP contribution in [0.2, 0.25) is 0 Å². The molecule has 0 unspecified atom stereocenters. The molecule has 110 valence electrons. The van der Waals surface area contributed by atoms with Crippen molar-refractivity contribution < 1.29 is 17.9 Å². The number of sulfonamides is 1. The van der Waals surface area contributed by atoms with Gasteiger partial charge >= 0.3 is 0 Å². The summed E-state index contributed by atoms with van der Waals surface area (Å²) in [6, 6.07) is 1.47. The number of hydrogen-bond donors (Lipinski definition) is 1. The zero-order valence-electron chi connectivity index (χ0n) is 11.6. The molecule has 1 aliphatic rings. The monoisotopic (exact) mass is 299 g/mol. The molecule has 1 aromatic heterocycles. The normalized spacial score (nSPS) is 14.8. The second-order valence-electron chi connectivity index (χ2n) is 4.96. The number of rotatable bonds is 5. The van der Waals surface area contributed by atoms with Gasteiger partial charge in [0.2, 0.25) is 10.0 Å². The molecule has 0 atom stereocenters. The smallest absolute Gasteiger partial charge is 0.272 e. The molecule has 1 N–H and O–H groups in total. The summed E-state index contributed by atoms with van der Waals surface area (Å²) in [6.45, 7) is 0. The summed E-state index contributed by atoms with van der Waals surface area (Å²) in [5.41, 5.74) is 0.458. The minimum Gasteiger partial charge on any atom is -0.488 e. The minimum atomic E-state index is -3.43. The maximum absolute atomic E-state index is 11.9. The molecule has 1 aromatic rings. The van der Waals surface area contributed by atoms with E-state index in [2.05, 4.69) is 9.71 Å². The van der Waals surface area contributed by atoms with Gasteiger partial charge in [-0.2, -0.15) is 0 Å². The van der Waals surface area contributed by atoms with Gasteiger partial charge < -0.3 is 9.64 Å². The third-order valence-electron chi connectivity index (χ3n) is 2.60. The quantitative estimate of drug-likeness (QED) is 0.864. The molecule has 0 aromatic carbocycles. The van der Waals surface area contributed by atoms with E-state index < -0.39 is 10.0 Å². The highest BCUT2D eigenvalue weighted by molar-refractivity contribution is 7.92. The molecule has 8 heteroatoms. The number of amides is 1. The maximum atomic E-state index is 11.9. The molecule has 1 heterocycles. The number of hydrogen-bond acceptors (Lipinski definition) is 5. The van der Waals surface area contributed by atoms with E-state index in [4.69, 9.17) is 4.74 Å². The first-order chi connectivity index (χ1) is 9.26. The highest BCUT2D eigenvalue weighted by Crippen LogP contribution is 2.32. The molecule has 1 aliphatic carbocycles. The number of anilines is 1. The van der Waals surface area contributed by atoms with Crippen molar-refractivity contribution in [2.45, 2.75) is 18.9 Å². The minimum absolute atomic E-state index is 0.0832. The molecule has 1 saturated carbocycles. The van der Waals surface area contributed by atoms with Crippen LogP contribution in [0.25, 0.3) is 0 Å². The Morgan fingerprint density at radius 3 is 2.60 bits per heavy atom. The fourth-order valence-electron chi connectivity index (χ4n) is 1.52. The van der Waals surface area contributed by atoms with Crippen LogP contribution in [0, 0.1) is 0 Å². The van der Waals surface area contributed by atoms with E-state index in [1.165, 1.54) is 17.2 Å². The van der Waals surface area contributed by atoms with Crippen LogP contribution in [0.5, 0.6) is 5.75 Å². The topological polar surface area (TPSA) is 88.6 Å². The lowest BCUT2D eigenvalue weighted by Gasteiger charge is -2.14. The number of pyridine rings is 1. The van der Waals surface area contributed by atoms with Crippen LogP contribution in [0.4, 0.5) is 5.69 Å². The number of ether oxygens (including phenoxy) is 1. The van der Waals surface area contributed by atoms with Gasteiger partial charge in [0, 0.05) is 20.2 Å². The van der Waals surface area contributed by atoms with E-state index in [-0.39, 0.29) is 23.4 Å². The standard InChI is InChI=1S/C12H17N3O4S/c1-15(2)12(16)9-6-11(19-8-4-5-8)10(7-13-9)14-20(3,17)18/h6-8,14H,4-5H2,1-3H3. The molecule has 1 amide bonds. The van der Waals surface area contributed by atoms with Crippen molar-refractivity contribution in [2.24, 2.45) is 0 Å². The molecule has 0 spiro atoms. The van der Waals surface area contributed by atoms with Crippen LogP contribution < -0.4 is 9.46 Å². The summed E-state index contributed by atoms with van der Waals surface area (Å²) in [6.07, 6.45) is 4.29. The van der Waals surface area contributed by atoms with Crippen molar-refractivity contribution in [3.05, 3.63) is 18.0 Å². The van der Waals surface area contributed by atoms with Crippen LogP contribution in [0.1, 0.15) is 23.3 Å². The lowest BCUT2D eigenvalue weighted by molar-refractivity contribution is 0.0821. The van der Waals surface area contributed by atoms with E-state index in [0.717, 1.165) is 19.1 Å². The van der Waals surface area contributed by atoms with Gasteiger partial charge in [-0.15, -0.1) is 0 Å². The van der Waals surface area contributed by atoms with Crippen LogP contribution in [0.3, 0.4) is 0 Å². The van der Waals surface area contributed by atoms with Crippen LogP contribution in [-0.2, 0) is 10.0 Å². The average molecular weight is 299 g/mol. The van der Waals surface area contributed by atoms with Crippen molar-refractivity contribution >= 4 is 21.6 Å². The molecule has 0 bridgehead atoms. The maximum Gasteiger partial charge on any atom is 0.272 e. The Labute approximate surface area is 118 Å². The summed E-state index contributed by atoms with van der Waals surface area (Å²) >= 11 is 0. The molecular formula is C12H17N3O4S. The molecule has 20 heavy (non-hydrogen) atoms. The lowest BCUT2D eigenvalue weighted by atomic mass is 10.3.